The van der Waals surface area contributed by atoms with E-state index in [1.807, 2.05) is 0 Å². The van der Waals surface area contributed by atoms with Crippen LogP contribution in [0.15, 0.2) is 167 Å². The number of thiol groups is 1. The van der Waals surface area contributed by atoms with E-state index in [1.54, 1.807) is 0 Å². The van der Waals surface area contributed by atoms with E-state index >= 15 is 0 Å². The van der Waals surface area contributed by atoms with Gasteiger partial charge in [-0.2, -0.15) is 4.58 Å². The molecule has 0 atom stereocenters. The van der Waals surface area contributed by atoms with E-state index in [0.717, 1.165) is 73.5 Å². The number of unbranched alkanes of at least 4 members (excludes halogenated alkanes) is 5. The average Bonchev–Trinajstić information content (AvgIpc) is 3.48. The molecule has 0 radical (unpaired) electrons. The standard InChI is InChI=1S/C58H69N3S/c1-10-60-55-34-21-19-32-52(55)58(8,9)56(60)35-24-31-47(30-23-25-44(3)57(6,7)53-41-51(62)39-36-43(53)2)46(5)59-40-22-14-12-11-13-15-26-45(4)61-42-50-29-17-16-27-48(50)37-38-49-28-18-20-33-54(49)61/h16-17,19-21,23-25,27,29-36,39,41,59H,4-5,10-15,18,22,26,28,40,42H2,1-3,6-9H3/p+1/b30-23+,35-24+,44-25-,47-31-. The molecule has 0 bridgehead atoms. The van der Waals surface area contributed by atoms with E-state index < -0.39 is 0 Å². The topological polar surface area (TPSA) is 18.3 Å². The molecule has 3 aromatic carbocycles. The maximum absolute atomic E-state index is 4.65. The first-order valence-electron chi connectivity index (χ1n) is 23.0. The van der Waals surface area contributed by atoms with Crippen molar-refractivity contribution in [3.05, 3.63) is 190 Å². The van der Waals surface area contributed by atoms with Gasteiger partial charge in [-0.25, -0.2) is 0 Å². The van der Waals surface area contributed by atoms with Gasteiger partial charge in [-0.15, -0.1) is 12.6 Å². The fourth-order valence-corrected chi connectivity index (χ4v) is 9.31. The van der Waals surface area contributed by atoms with E-state index in [4.69, 9.17) is 0 Å². The van der Waals surface area contributed by atoms with Crippen molar-refractivity contribution in [2.45, 2.75) is 129 Å². The van der Waals surface area contributed by atoms with E-state index in [2.05, 4.69) is 216 Å². The van der Waals surface area contributed by atoms with Gasteiger partial charge in [0.05, 0.1) is 11.1 Å². The summed E-state index contributed by atoms with van der Waals surface area (Å²) in [6.07, 6.45) is 28.1. The molecular formula is C58H70N3S+. The zero-order valence-electron chi connectivity index (χ0n) is 38.7. The minimum atomic E-state index is -0.132. The lowest BCUT2D eigenvalue weighted by molar-refractivity contribution is -0.433. The van der Waals surface area contributed by atoms with Gasteiger partial charge in [-0.05, 0) is 113 Å². The monoisotopic (exact) mass is 841 g/mol. The number of allylic oxidation sites excluding steroid dienone is 11. The summed E-state index contributed by atoms with van der Waals surface area (Å²) in [6, 6.07) is 23.8. The minimum Gasteiger partial charge on any atom is -0.385 e. The minimum absolute atomic E-state index is 0.0761. The number of aryl methyl sites for hydroxylation is 1. The summed E-state index contributed by atoms with van der Waals surface area (Å²) in [5.74, 6) is 6.94. The van der Waals surface area contributed by atoms with Crippen LogP contribution in [0.3, 0.4) is 0 Å². The molecule has 6 rings (SSSR count). The van der Waals surface area contributed by atoms with Crippen LogP contribution in [0.2, 0.25) is 0 Å². The molecule has 0 unspecified atom stereocenters. The average molecular weight is 841 g/mol. The number of benzene rings is 3. The van der Waals surface area contributed by atoms with Crippen LogP contribution in [0.5, 0.6) is 0 Å². The van der Waals surface area contributed by atoms with Gasteiger partial charge in [0, 0.05) is 63.6 Å². The molecule has 0 saturated heterocycles. The van der Waals surface area contributed by atoms with E-state index in [-0.39, 0.29) is 10.8 Å². The second kappa shape index (κ2) is 21.2. The maximum atomic E-state index is 4.65. The van der Waals surface area contributed by atoms with Gasteiger partial charge in [0.25, 0.3) is 0 Å². The van der Waals surface area contributed by atoms with Crippen molar-refractivity contribution in [1.82, 2.24) is 10.2 Å². The Balaban J connectivity index is 1.04. The molecule has 0 fully saturated rings. The van der Waals surface area contributed by atoms with E-state index in [0.29, 0.717) is 0 Å². The van der Waals surface area contributed by atoms with Gasteiger partial charge in [-0.1, -0.05) is 149 Å². The third-order valence-electron chi connectivity index (χ3n) is 13.2. The lowest BCUT2D eigenvalue weighted by atomic mass is 9.76. The maximum Gasteiger partial charge on any atom is 0.209 e. The number of hydrogen-bond acceptors (Lipinski definition) is 3. The molecule has 0 spiro atoms. The zero-order chi connectivity index (χ0) is 44.3. The number of rotatable bonds is 19. The first kappa shape index (κ1) is 46.3. The van der Waals surface area contributed by atoms with Crippen LogP contribution < -0.4 is 5.32 Å². The van der Waals surface area contributed by atoms with Crippen LogP contribution in [-0.2, 0) is 17.4 Å². The Morgan fingerprint density at radius 2 is 1.68 bits per heavy atom. The van der Waals surface area contributed by atoms with Gasteiger partial charge in [0.1, 0.15) is 6.54 Å². The summed E-state index contributed by atoms with van der Waals surface area (Å²) in [7, 11) is 0. The van der Waals surface area contributed by atoms with Crippen molar-refractivity contribution in [3.63, 3.8) is 0 Å². The molecule has 2 heterocycles. The van der Waals surface area contributed by atoms with Gasteiger partial charge < -0.3 is 10.2 Å². The normalized spacial score (nSPS) is 16.2. The Hall–Kier alpha value is -5.24. The number of fused-ring (bicyclic) bond motifs is 2. The largest absolute Gasteiger partial charge is 0.385 e. The molecule has 62 heavy (non-hydrogen) atoms. The molecule has 4 heteroatoms. The summed E-state index contributed by atoms with van der Waals surface area (Å²) in [6.45, 7) is 27.7. The Bertz CT molecular complexity index is 2430. The van der Waals surface area contributed by atoms with E-state index in [9.17, 15) is 0 Å². The van der Waals surface area contributed by atoms with Crippen molar-refractivity contribution in [2.75, 3.05) is 13.1 Å². The molecule has 3 aromatic rings. The zero-order valence-corrected chi connectivity index (χ0v) is 39.6. The van der Waals surface area contributed by atoms with Crippen molar-refractivity contribution in [2.24, 2.45) is 0 Å². The molecular weight excluding hydrogens is 771 g/mol. The Labute approximate surface area is 380 Å². The van der Waals surface area contributed by atoms with Crippen LogP contribution in [0.1, 0.15) is 127 Å². The van der Waals surface area contributed by atoms with Crippen LogP contribution in [0.25, 0.3) is 0 Å². The second-order valence-electron chi connectivity index (χ2n) is 18.2. The summed E-state index contributed by atoms with van der Waals surface area (Å²) in [4.78, 5) is 3.42. The number of para-hydroxylation sites is 1. The fraction of sp³-hybridized carbons (Fsp3) is 0.362. The van der Waals surface area contributed by atoms with Crippen LogP contribution in [0, 0.1) is 18.8 Å². The quantitative estimate of drug-likeness (QED) is 0.0412. The molecule has 2 aliphatic heterocycles. The van der Waals surface area contributed by atoms with Crippen LogP contribution >= 0.6 is 12.6 Å². The highest BCUT2D eigenvalue weighted by molar-refractivity contribution is 7.80. The number of nitrogens with zero attached hydrogens (tertiary/aromatic N) is 2. The third-order valence-corrected chi connectivity index (χ3v) is 13.5. The van der Waals surface area contributed by atoms with Crippen LogP contribution in [-0.4, -0.2) is 28.3 Å². The van der Waals surface area contributed by atoms with Gasteiger partial charge in [0.2, 0.25) is 5.69 Å². The van der Waals surface area contributed by atoms with E-state index in [1.165, 1.54) is 81.9 Å². The lowest BCUT2D eigenvalue weighted by Crippen LogP contribution is -2.27. The summed E-state index contributed by atoms with van der Waals surface area (Å²) < 4.78 is 2.45. The first-order chi connectivity index (χ1) is 29.8. The molecule has 0 aromatic heterocycles. The Kier molecular flexibility index (Phi) is 15.8. The summed E-state index contributed by atoms with van der Waals surface area (Å²) >= 11 is 4.65. The Morgan fingerprint density at radius 3 is 2.48 bits per heavy atom. The molecule has 0 saturated carbocycles. The molecule has 322 valence electrons. The number of nitrogens with one attached hydrogen (secondary N) is 1. The summed E-state index contributed by atoms with van der Waals surface area (Å²) in [5, 5.41) is 3.68. The van der Waals surface area contributed by atoms with Gasteiger partial charge in [-0.3, -0.25) is 0 Å². The first-order valence-corrected chi connectivity index (χ1v) is 23.4. The predicted molar refractivity (Wildman–Crippen MR) is 269 cm³/mol. The van der Waals surface area contributed by atoms with Crippen molar-refractivity contribution < 1.29 is 4.58 Å². The predicted octanol–water partition coefficient (Wildman–Crippen LogP) is 14.5. The third kappa shape index (κ3) is 11.0. The highest BCUT2D eigenvalue weighted by Gasteiger charge is 2.43. The number of hydrogen-bond donors (Lipinski definition) is 2. The van der Waals surface area contributed by atoms with Gasteiger partial charge >= 0.3 is 0 Å². The van der Waals surface area contributed by atoms with Crippen molar-refractivity contribution >= 4 is 24.0 Å². The fourth-order valence-electron chi connectivity index (χ4n) is 9.11. The Morgan fingerprint density at radius 1 is 0.935 bits per heavy atom. The molecule has 3 aliphatic rings. The summed E-state index contributed by atoms with van der Waals surface area (Å²) in [5.41, 5.74) is 15.8. The van der Waals surface area contributed by atoms with Crippen molar-refractivity contribution in [1.29, 1.82) is 0 Å². The van der Waals surface area contributed by atoms with Crippen molar-refractivity contribution in [3.8, 4) is 11.8 Å². The van der Waals surface area contributed by atoms with Crippen LogP contribution in [0.4, 0.5) is 5.69 Å². The second-order valence-corrected chi connectivity index (χ2v) is 18.7. The molecule has 0 amide bonds. The molecule has 3 nitrogen and oxygen atoms in total. The van der Waals surface area contributed by atoms with Gasteiger partial charge in [0.15, 0.2) is 5.71 Å². The lowest BCUT2D eigenvalue weighted by Gasteiger charge is -2.32. The highest BCUT2D eigenvalue weighted by atomic mass is 32.1. The SMILES string of the molecule is C=C(NCCCCCCCCC(=C)N1Cc2ccccc2C#CC2=C1C=CCC2)C(=C\C=C\C1=[N+](CC)c2ccccc2C1(C)C)/C=C/C=C(/C)C(C)(C)c1cc(S)ccc1C. The molecule has 1 N–H and O–H groups in total. The highest BCUT2D eigenvalue weighted by Crippen LogP contribution is 2.40. The smallest absolute Gasteiger partial charge is 0.209 e. The molecule has 1 aliphatic carbocycles.